The van der Waals surface area contributed by atoms with Crippen LogP contribution >= 0.6 is 0 Å². The van der Waals surface area contributed by atoms with Crippen LogP contribution in [0.4, 0.5) is 11.4 Å². The lowest BCUT2D eigenvalue weighted by molar-refractivity contribution is 0.142. The van der Waals surface area contributed by atoms with Crippen LogP contribution in [-0.2, 0) is 6.42 Å². The number of benzene rings is 2. The maximum absolute atomic E-state index is 10.5. The second kappa shape index (κ2) is 9.99. The molecule has 2 aromatic rings. The number of fused-ring (bicyclic) bond motifs is 1. The fourth-order valence-electron chi connectivity index (χ4n) is 4.24. The quantitative estimate of drug-likeness (QED) is 0.682. The Balaban J connectivity index is 1.26. The smallest absolute Gasteiger partial charge is 0.0851 e. The van der Waals surface area contributed by atoms with Gasteiger partial charge >= 0.3 is 0 Å². The number of allylic oxidation sites excluding steroid dienone is 1. The van der Waals surface area contributed by atoms with Crippen molar-refractivity contribution in [2.75, 3.05) is 42.9 Å². The summed E-state index contributed by atoms with van der Waals surface area (Å²) in [7, 11) is 0. The van der Waals surface area contributed by atoms with E-state index in [0.29, 0.717) is 6.54 Å². The Morgan fingerprint density at radius 1 is 1.06 bits per heavy atom. The van der Waals surface area contributed by atoms with E-state index in [0.717, 1.165) is 55.1 Å². The average molecular weight is 416 g/mol. The summed E-state index contributed by atoms with van der Waals surface area (Å²) in [5, 5.41) is 13.8. The predicted octanol–water partition coefficient (Wildman–Crippen LogP) is 4.79. The van der Waals surface area contributed by atoms with Crippen molar-refractivity contribution in [3.8, 4) is 0 Å². The highest BCUT2D eigenvalue weighted by Gasteiger charge is 2.18. The maximum atomic E-state index is 10.5. The van der Waals surface area contributed by atoms with Crippen molar-refractivity contribution in [3.05, 3.63) is 83.6 Å². The molecule has 31 heavy (non-hydrogen) atoms. The molecule has 2 aliphatic heterocycles. The normalized spacial score (nSPS) is 17.6. The molecule has 4 heteroatoms. The highest BCUT2D eigenvalue weighted by Crippen LogP contribution is 2.25. The van der Waals surface area contributed by atoms with Gasteiger partial charge in [-0.05, 0) is 53.5 Å². The molecular formula is C27H33N3O. The number of β-amino-alcohol motifs (C(OH)–C–C–N with tert-alkyl or cyclic N) is 1. The third-order valence-corrected chi connectivity index (χ3v) is 6.00. The standard InChI is InChI=1S/C27H33N3O/c1-3-4-22-6-11-25(12-7-22)30-17-15-29(16-18-30)20-26(31)13-8-23-9-14-27-24(19-23)10-5-21(2)28-27/h5-14,19,26,28,31H,2-4,15-18,20H2,1H3/b13-8+/t26-/m0/s1. The number of hydrogen-bond acceptors (Lipinski definition) is 4. The van der Waals surface area contributed by atoms with Gasteiger partial charge in [0.05, 0.1) is 6.10 Å². The highest BCUT2D eigenvalue weighted by molar-refractivity contribution is 5.76. The summed E-state index contributed by atoms with van der Waals surface area (Å²) in [6.45, 7) is 10.8. The van der Waals surface area contributed by atoms with Crippen molar-refractivity contribution in [2.45, 2.75) is 25.9 Å². The first kappa shape index (κ1) is 21.4. The van der Waals surface area contributed by atoms with Gasteiger partial charge in [0, 0.05) is 49.8 Å². The number of aliphatic hydroxyl groups is 1. The van der Waals surface area contributed by atoms with E-state index in [-0.39, 0.29) is 0 Å². The second-order valence-corrected chi connectivity index (χ2v) is 8.46. The van der Waals surface area contributed by atoms with Crippen LogP contribution in [0, 0.1) is 0 Å². The van der Waals surface area contributed by atoms with E-state index in [1.807, 2.05) is 18.2 Å². The van der Waals surface area contributed by atoms with Crippen LogP contribution < -0.4 is 10.2 Å². The summed E-state index contributed by atoms with van der Waals surface area (Å²) in [6.07, 6.45) is 9.82. The SMILES string of the molecule is C=C1C=Cc2cc(/C=C/[C@H](O)CN3CCN(c4ccc(CCC)cc4)CC3)ccc2N1. The number of anilines is 2. The molecular weight excluding hydrogens is 382 g/mol. The van der Waals surface area contributed by atoms with Crippen molar-refractivity contribution in [1.82, 2.24) is 4.90 Å². The van der Waals surface area contributed by atoms with Crippen LogP contribution in [0.15, 0.2) is 66.9 Å². The molecule has 2 N–H and O–H groups in total. The van der Waals surface area contributed by atoms with Crippen LogP contribution in [0.5, 0.6) is 0 Å². The van der Waals surface area contributed by atoms with Gasteiger partial charge in [-0.25, -0.2) is 0 Å². The van der Waals surface area contributed by atoms with Crippen LogP contribution in [0.1, 0.15) is 30.0 Å². The van der Waals surface area contributed by atoms with Gasteiger partial charge in [0.1, 0.15) is 0 Å². The lowest BCUT2D eigenvalue weighted by Crippen LogP contribution is -2.48. The molecule has 0 aromatic heterocycles. The van der Waals surface area contributed by atoms with Gasteiger partial charge in [0.2, 0.25) is 0 Å². The average Bonchev–Trinajstić information content (AvgIpc) is 2.79. The van der Waals surface area contributed by atoms with Gasteiger partial charge in [-0.3, -0.25) is 4.90 Å². The number of hydrogen-bond donors (Lipinski definition) is 2. The van der Waals surface area contributed by atoms with Crippen LogP contribution in [0.3, 0.4) is 0 Å². The molecule has 2 aliphatic rings. The molecule has 0 unspecified atom stereocenters. The Morgan fingerprint density at radius 2 is 1.84 bits per heavy atom. The van der Waals surface area contributed by atoms with Crippen molar-refractivity contribution < 1.29 is 5.11 Å². The first-order chi connectivity index (χ1) is 15.1. The third-order valence-electron chi connectivity index (χ3n) is 6.00. The Morgan fingerprint density at radius 3 is 2.58 bits per heavy atom. The number of aliphatic hydroxyl groups excluding tert-OH is 1. The van der Waals surface area contributed by atoms with E-state index in [1.54, 1.807) is 0 Å². The van der Waals surface area contributed by atoms with E-state index in [1.165, 1.54) is 17.7 Å². The Labute approximate surface area is 186 Å². The zero-order valence-corrected chi connectivity index (χ0v) is 18.4. The summed E-state index contributed by atoms with van der Waals surface area (Å²) in [5.74, 6) is 0. The lowest BCUT2D eigenvalue weighted by Gasteiger charge is -2.36. The minimum Gasteiger partial charge on any atom is -0.388 e. The van der Waals surface area contributed by atoms with E-state index in [9.17, 15) is 5.11 Å². The zero-order chi connectivity index (χ0) is 21.6. The van der Waals surface area contributed by atoms with E-state index < -0.39 is 6.10 Å². The van der Waals surface area contributed by atoms with Gasteiger partial charge in [0.15, 0.2) is 0 Å². The molecule has 2 heterocycles. The first-order valence-corrected chi connectivity index (χ1v) is 11.3. The summed E-state index contributed by atoms with van der Waals surface area (Å²) < 4.78 is 0. The summed E-state index contributed by atoms with van der Waals surface area (Å²) in [4.78, 5) is 4.79. The monoisotopic (exact) mass is 415 g/mol. The van der Waals surface area contributed by atoms with Crippen LogP contribution in [-0.4, -0.2) is 48.8 Å². The molecule has 0 radical (unpaired) electrons. The fourth-order valence-corrected chi connectivity index (χ4v) is 4.24. The number of rotatable bonds is 7. The van der Waals surface area contributed by atoms with E-state index in [4.69, 9.17) is 0 Å². The summed E-state index contributed by atoms with van der Waals surface area (Å²) in [5.41, 5.74) is 6.93. The van der Waals surface area contributed by atoms with Gasteiger partial charge in [0.25, 0.3) is 0 Å². The lowest BCUT2D eigenvalue weighted by atomic mass is 10.0. The molecule has 0 saturated carbocycles. The molecule has 4 nitrogen and oxygen atoms in total. The molecule has 1 atom stereocenters. The van der Waals surface area contributed by atoms with Crippen molar-refractivity contribution >= 4 is 23.5 Å². The van der Waals surface area contributed by atoms with Gasteiger partial charge in [-0.15, -0.1) is 0 Å². The van der Waals surface area contributed by atoms with Gasteiger partial charge in [-0.1, -0.05) is 56.4 Å². The third kappa shape index (κ3) is 5.66. The molecule has 0 aliphatic carbocycles. The number of piperazine rings is 1. The molecule has 1 saturated heterocycles. The largest absolute Gasteiger partial charge is 0.388 e. The van der Waals surface area contributed by atoms with Gasteiger partial charge < -0.3 is 15.3 Å². The number of nitrogens with zero attached hydrogens (tertiary/aromatic N) is 2. The first-order valence-electron chi connectivity index (χ1n) is 11.3. The molecule has 2 aromatic carbocycles. The topological polar surface area (TPSA) is 38.7 Å². The molecule has 0 bridgehead atoms. The Bertz CT molecular complexity index is 953. The minimum absolute atomic E-state index is 0.468. The Kier molecular flexibility index (Phi) is 6.90. The highest BCUT2D eigenvalue weighted by atomic mass is 16.3. The molecule has 0 spiro atoms. The number of aryl methyl sites for hydroxylation is 1. The van der Waals surface area contributed by atoms with E-state index in [2.05, 4.69) is 77.2 Å². The molecule has 4 rings (SSSR count). The van der Waals surface area contributed by atoms with E-state index >= 15 is 0 Å². The molecule has 162 valence electrons. The molecule has 1 fully saturated rings. The van der Waals surface area contributed by atoms with Crippen LogP contribution in [0.25, 0.3) is 12.2 Å². The van der Waals surface area contributed by atoms with Gasteiger partial charge in [-0.2, -0.15) is 0 Å². The van der Waals surface area contributed by atoms with Crippen molar-refractivity contribution in [1.29, 1.82) is 0 Å². The summed E-state index contributed by atoms with van der Waals surface area (Å²) >= 11 is 0. The number of nitrogens with one attached hydrogen (secondary N) is 1. The molecule has 0 amide bonds. The predicted molar refractivity (Wildman–Crippen MR) is 132 cm³/mol. The summed E-state index contributed by atoms with van der Waals surface area (Å²) in [6, 6.07) is 15.2. The second-order valence-electron chi connectivity index (χ2n) is 8.46. The van der Waals surface area contributed by atoms with Crippen molar-refractivity contribution in [2.24, 2.45) is 0 Å². The van der Waals surface area contributed by atoms with Crippen molar-refractivity contribution in [3.63, 3.8) is 0 Å². The maximum Gasteiger partial charge on any atom is 0.0851 e. The zero-order valence-electron chi connectivity index (χ0n) is 18.4. The Hall–Kier alpha value is -2.82. The minimum atomic E-state index is -0.468. The van der Waals surface area contributed by atoms with Crippen LogP contribution in [0.2, 0.25) is 0 Å². The fraction of sp³-hybridized carbons (Fsp3) is 0.333.